The van der Waals surface area contributed by atoms with E-state index in [-0.39, 0.29) is 12.3 Å². The zero-order valence-corrected chi connectivity index (χ0v) is 12.4. The molecule has 3 aliphatic rings. The Morgan fingerprint density at radius 1 is 1.27 bits per heavy atom. The maximum atomic E-state index is 13.9. The number of carbonyl (C=O) groups excluding carboxylic acids is 1. The summed E-state index contributed by atoms with van der Waals surface area (Å²) in [6.07, 6.45) is 6.08. The summed E-state index contributed by atoms with van der Waals surface area (Å²) in [6, 6.07) is -0.637. The molecule has 1 amide bonds. The van der Waals surface area contributed by atoms with Gasteiger partial charge in [-0.1, -0.05) is 0 Å². The summed E-state index contributed by atoms with van der Waals surface area (Å²) < 4.78 is 29.7. The first-order chi connectivity index (χ1) is 10.5. The van der Waals surface area contributed by atoms with Crippen LogP contribution < -0.4 is 0 Å². The Hall–Kier alpha value is -1.53. The molecule has 3 fully saturated rings. The van der Waals surface area contributed by atoms with Crippen molar-refractivity contribution in [1.29, 1.82) is 0 Å². The Morgan fingerprint density at radius 3 is 2.68 bits per heavy atom. The van der Waals surface area contributed by atoms with E-state index in [0.717, 1.165) is 19.4 Å². The van der Waals surface area contributed by atoms with Gasteiger partial charge in [0.1, 0.15) is 6.33 Å². The highest BCUT2D eigenvalue weighted by Gasteiger charge is 2.49. The number of alkyl halides is 2. The van der Waals surface area contributed by atoms with Gasteiger partial charge in [0.2, 0.25) is 5.91 Å². The van der Waals surface area contributed by atoms with Crippen molar-refractivity contribution in [2.45, 2.75) is 57.0 Å². The van der Waals surface area contributed by atoms with Crippen LogP contribution >= 0.6 is 0 Å². The average molecular weight is 310 g/mol. The van der Waals surface area contributed by atoms with Crippen LogP contribution in [0, 0.1) is 11.8 Å². The Labute approximate surface area is 127 Å². The summed E-state index contributed by atoms with van der Waals surface area (Å²) in [6.45, 7) is 0.286. The topological polar surface area (TPSA) is 51.0 Å². The number of amides is 1. The van der Waals surface area contributed by atoms with E-state index < -0.39 is 18.5 Å². The molecule has 1 aliphatic heterocycles. The molecule has 2 saturated carbocycles. The van der Waals surface area contributed by atoms with E-state index in [9.17, 15) is 13.6 Å². The van der Waals surface area contributed by atoms with Crippen LogP contribution in [0.5, 0.6) is 0 Å². The minimum absolute atomic E-state index is 0.161. The lowest BCUT2D eigenvalue weighted by atomic mass is 10.1. The van der Waals surface area contributed by atoms with E-state index in [1.807, 2.05) is 4.57 Å². The standard InChI is InChI=1S/C15H20F2N4O/c16-15(17)6-12(21(8-15)13(22)5-10-1-2-10)14-19-18-9-20(14)7-11-3-4-11/h9-12H,1-8H2. The van der Waals surface area contributed by atoms with E-state index in [1.165, 1.54) is 17.7 Å². The van der Waals surface area contributed by atoms with Crippen molar-refractivity contribution >= 4 is 5.91 Å². The van der Waals surface area contributed by atoms with Crippen LogP contribution in [0.25, 0.3) is 0 Å². The van der Waals surface area contributed by atoms with Gasteiger partial charge in [-0.15, -0.1) is 10.2 Å². The van der Waals surface area contributed by atoms with Gasteiger partial charge < -0.3 is 9.47 Å². The Bertz CT molecular complexity index is 580. The number of hydrogen-bond acceptors (Lipinski definition) is 3. The second kappa shape index (κ2) is 4.99. The number of likely N-dealkylation sites (tertiary alicyclic amines) is 1. The maximum absolute atomic E-state index is 13.9. The van der Waals surface area contributed by atoms with Gasteiger partial charge in [0, 0.05) is 19.4 Å². The van der Waals surface area contributed by atoms with Gasteiger partial charge in [0.05, 0.1) is 12.6 Å². The van der Waals surface area contributed by atoms with Gasteiger partial charge in [0.15, 0.2) is 5.82 Å². The molecular formula is C15H20F2N4O. The molecule has 4 rings (SSSR count). The summed E-state index contributed by atoms with van der Waals surface area (Å²) in [7, 11) is 0. The molecule has 120 valence electrons. The third-order valence-corrected chi connectivity index (χ3v) is 4.85. The molecular weight excluding hydrogens is 290 g/mol. The zero-order chi connectivity index (χ0) is 15.3. The van der Waals surface area contributed by atoms with Crippen LogP contribution in [-0.2, 0) is 11.3 Å². The number of nitrogens with zero attached hydrogens (tertiary/aromatic N) is 4. The van der Waals surface area contributed by atoms with Gasteiger partial charge >= 0.3 is 0 Å². The largest absolute Gasteiger partial charge is 0.326 e. The molecule has 1 atom stereocenters. The smallest absolute Gasteiger partial charge is 0.267 e. The van der Waals surface area contributed by atoms with E-state index >= 15 is 0 Å². The summed E-state index contributed by atoms with van der Waals surface area (Å²) >= 11 is 0. The SMILES string of the molecule is O=C(CC1CC1)N1CC(F)(F)CC1c1nncn1CC1CC1. The fourth-order valence-electron chi connectivity index (χ4n) is 3.24. The van der Waals surface area contributed by atoms with Crippen LogP contribution in [0.1, 0.15) is 50.4 Å². The first-order valence-corrected chi connectivity index (χ1v) is 8.07. The fraction of sp³-hybridized carbons (Fsp3) is 0.800. The molecule has 0 spiro atoms. The average Bonchev–Trinajstić information content (AvgIpc) is 3.34. The van der Waals surface area contributed by atoms with Crippen molar-refractivity contribution in [2.24, 2.45) is 11.8 Å². The summed E-state index contributed by atoms with van der Waals surface area (Å²) in [5.74, 6) is -1.47. The van der Waals surface area contributed by atoms with Gasteiger partial charge in [-0.3, -0.25) is 4.79 Å². The highest BCUT2D eigenvalue weighted by atomic mass is 19.3. The Kier molecular flexibility index (Phi) is 3.20. The van der Waals surface area contributed by atoms with Crippen LogP contribution in [-0.4, -0.2) is 38.0 Å². The quantitative estimate of drug-likeness (QED) is 0.839. The predicted molar refractivity (Wildman–Crippen MR) is 74.1 cm³/mol. The molecule has 0 bridgehead atoms. The second-order valence-electron chi connectivity index (χ2n) is 7.03. The Morgan fingerprint density at radius 2 is 2.00 bits per heavy atom. The van der Waals surface area contributed by atoms with Gasteiger partial charge in [-0.05, 0) is 37.5 Å². The van der Waals surface area contributed by atoms with Crippen molar-refractivity contribution in [1.82, 2.24) is 19.7 Å². The molecule has 0 N–H and O–H groups in total. The summed E-state index contributed by atoms with van der Waals surface area (Å²) in [4.78, 5) is 13.7. The van der Waals surface area contributed by atoms with Gasteiger partial charge in [0.25, 0.3) is 5.92 Å². The predicted octanol–water partition coefficient (Wildman–Crippen LogP) is 2.40. The van der Waals surface area contributed by atoms with E-state index in [2.05, 4.69) is 10.2 Å². The molecule has 2 aliphatic carbocycles. The van der Waals surface area contributed by atoms with Gasteiger partial charge in [-0.2, -0.15) is 0 Å². The molecule has 0 aromatic carbocycles. The van der Waals surface area contributed by atoms with Crippen molar-refractivity contribution in [2.75, 3.05) is 6.54 Å². The van der Waals surface area contributed by atoms with E-state index in [4.69, 9.17) is 0 Å². The molecule has 22 heavy (non-hydrogen) atoms. The number of carbonyl (C=O) groups is 1. The first-order valence-electron chi connectivity index (χ1n) is 8.07. The van der Waals surface area contributed by atoms with E-state index in [1.54, 1.807) is 6.33 Å². The normalized spacial score (nSPS) is 27.4. The molecule has 7 heteroatoms. The van der Waals surface area contributed by atoms with Crippen LogP contribution in [0.15, 0.2) is 6.33 Å². The van der Waals surface area contributed by atoms with Crippen LogP contribution in [0.2, 0.25) is 0 Å². The van der Waals surface area contributed by atoms with Crippen molar-refractivity contribution in [3.63, 3.8) is 0 Å². The first kappa shape index (κ1) is 14.1. The lowest BCUT2D eigenvalue weighted by Crippen LogP contribution is -2.34. The lowest BCUT2D eigenvalue weighted by Gasteiger charge is -2.23. The highest BCUT2D eigenvalue weighted by molar-refractivity contribution is 5.77. The van der Waals surface area contributed by atoms with Crippen molar-refractivity contribution in [3.8, 4) is 0 Å². The third kappa shape index (κ3) is 2.85. The fourth-order valence-corrected chi connectivity index (χ4v) is 3.24. The third-order valence-electron chi connectivity index (χ3n) is 4.85. The molecule has 5 nitrogen and oxygen atoms in total. The minimum Gasteiger partial charge on any atom is -0.326 e. The number of rotatable bonds is 5. The zero-order valence-electron chi connectivity index (χ0n) is 12.4. The molecule has 2 heterocycles. The van der Waals surface area contributed by atoms with Gasteiger partial charge in [-0.25, -0.2) is 8.78 Å². The van der Waals surface area contributed by atoms with Crippen molar-refractivity contribution < 1.29 is 13.6 Å². The summed E-state index contributed by atoms with van der Waals surface area (Å²) in [5.41, 5.74) is 0. The van der Waals surface area contributed by atoms with Crippen molar-refractivity contribution in [3.05, 3.63) is 12.2 Å². The number of aromatic nitrogens is 3. The highest BCUT2D eigenvalue weighted by Crippen LogP contribution is 2.43. The molecule has 1 aromatic rings. The molecule has 1 unspecified atom stereocenters. The van der Waals surface area contributed by atoms with E-state index in [0.29, 0.717) is 24.1 Å². The summed E-state index contributed by atoms with van der Waals surface area (Å²) in [5, 5.41) is 7.95. The Balaban J connectivity index is 1.56. The van der Waals surface area contributed by atoms with Crippen LogP contribution in [0.3, 0.4) is 0 Å². The van der Waals surface area contributed by atoms with Crippen LogP contribution in [0.4, 0.5) is 8.78 Å². The number of halogens is 2. The lowest BCUT2D eigenvalue weighted by molar-refractivity contribution is -0.133. The molecule has 1 saturated heterocycles. The minimum atomic E-state index is -2.83. The maximum Gasteiger partial charge on any atom is 0.267 e. The molecule has 0 radical (unpaired) electrons. The second-order valence-corrected chi connectivity index (χ2v) is 7.03. The molecule has 1 aromatic heterocycles. The monoisotopic (exact) mass is 310 g/mol. The number of hydrogen-bond donors (Lipinski definition) is 0.